The number of nitrogen functional groups attached to an aromatic ring is 2. The second-order valence-corrected chi connectivity index (χ2v) is 5.62. The van der Waals surface area contributed by atoms with Crippen LogP contribution in [0.1, 0.15) is 6.42 Å². The summed E-state index contributed by atoms with van der Waals surface area (Å²) in [5.41, 5.74) is 14.8. The largest absolute Gasteiger partial charge is 0.399 e. The molecular weight excluding hydrogens is 316 g/mol. The van der Waals surface area contributed by atoms with Crippen molar-refractivity contribution in [2.24, 2.45) is 0 Å². The molecule has 134 valence electrons. The van der Waals surface area contributed by atoms with Crippen LogP contribution in [0.2, 0.25) is 0 Å². The molecule has 0 amide bonds. The second kappa shape index (κ2) is 9.76. The molecule has 2 aromatic rings. The molecule has 0 atom stereocenters. The molecular formula is C19H26N4O2. The first kappa shape index (κ1) is 18.9. The van der Waals surface area contributed by atoms with Crippen LogP contribution in [-0.2, 0) is 0 Å². The molecule has 0 heterocycles. The molecule has 25 heavy (non-hydrogen) atoms. The van der Waals surface area contributed by atoms with Crippen LogP contribution in [-0.4, -0.2) is 36.5 Å². The Kier molecular flexibility index (Phi) is 7.37. The van der Waals surface area contributed by atoms with E-state index in [4.69, 9.17) is 11.5 Å². The van der Waals surface area contributed by atoms with Gasteiger partial charge in [-0.3, -0.25) is 0 Å². The average molecular weight is 342 g/mol. The van der Waals surface area contributed by atoms with Gasteiger partial charge in [0.15, 0.2) is 0 Å². The van der Waals surface area contributed by atoms with Crippen LogP contribution in [0.3, 0.4) is 0 Å². The average Bonchev–Trinajstić information content (AvgIpc) is 2.62. The first-order chi connectivity index (χ1) is 12.1. The van der Waals surface area contributed by atoms with E-state index in [0.29, 0.717) is 30.9 Å². The third-order valence-electron chi connectivity index (χ3n) is 3.78. The molecule has 0 unspecified atom stereocenters. The summed E-state index contributed by atoms with van der Waals surface area (Å²) in [6.07, 6.45) is 0.648. The zero-order chi connectivity index (χ0) is 18.1. The van der Waals surface area contributed by atoms with Gasteiger partial charge >= 0.3 is 0 Å². The fourth-order valence-corrected chi connectivity index (χ4v) is 2.50. The molecule has 2 aromatic carbocycles. The van der Waals surface area contributed by atoms with E-state index in [-0.39, 0.29) is 13.2 Å². The van der Waals surface area contributed by atoms with Crippen molar-refractivity contribution in [3.8, 4) is 0 Å². The van der Waals surface area contributed by atoms with Crippen LogP contribution >= 0.6 is 0 Å². The smallest absolute Gasteiger partial charge is 0.0606 e. The van der Waals surface area contributed by atoms with Gasteiger partial charge in [-0.15, -0.1) is 0 Å². The lowest BCUT2D eigenvalue weighted by atomic mass is 10.2. The quantitative estimate of drug-likeness (QED) is 0.492. The molecule has 0 aliphatic heterocycles. The molecule has 0 aliphatic rings. The van der Waals surface area contributed by atoms with Crippen molar-refractivity contribution in [1.29, 1.82) is 0 Å². The summed E-state index contributed by atoms with van der Waals surface area (Å²) in [7, 11) is 0. The van der Waals surface area contributed by atoms with E-state index in [0.717, 1.165) is 11.4 Å². The van der Waals surface area contributed by atoms with Crippen molar-refractivity contribution in [3.05, 3.63) is 61.6 Å². The van der Waals surface area contributed by atoms with Gasteiger partial charge in [-0.2, -0.15) is 0 Å². The summed E-state index contributed by atoms with van der Waals surface area (Å²) in [4.78, 5) is 3.96. The minimum absolute atomic E-state index is 0.0548. The van der Waals surface area contributed by atoms with Crippen LogP contribution in [0.25, 0.3) is 0 Å². The molecule has 0 saturated carbocycles. The molecule has 0 fully saturated rings. The normalized spacial score (nSPS) is 10.6. The van der Waals surface area contributed by atoms with Crippen LogP contribution < -0.4 is 21.3 Å². The monoisotopic (exact) mass is 342 g/mol. The Morgan fingerprint density at radius 2 is 1.04 bits per heavy atom. The number of benzene rings is 2. The Labute approximate surface area is 149 Å². The van der Waals surface area contributed by atoms with E-state index < -0.39 is 0 Å². The Hall–Kier alpha value is -2.44. The summed E-state index contributed by atoms with van der Waals surface area (Å²) in [6.45, 7) is 5.12. The second-order valence-electron chi connectivity index (χ2n) is 5.62. The molecule has 2 rings (SSSR count). The number of rotatable bonds is 10. The maximum atomic E-state index is 9.30. The third kappa shape index (κ3) is 5.85. The van der Waals surface area contributed by atoms with E-state index in [1.165, 1.54) is 0 Å². The molecule has 6 heteroatoms. The highest BCUT2D eigenvalue weighted by Crippen LogP contribution is 2.21. The van der Waals surface area contributed by atoms with Crippen LogP contribution in [0.4, 0.5) is 22.7 Å². The van der Waals surface area contributed by atoms with E-state index in [2.05, 4.69) is 0 Å². The summed E-state index contributed by atoms with van der Waals surface area (Å²) in [6, 6.07) is 15.0. The topological polar surface area (TPSA) is 99.0 Å². The molecule has 2 radical (unpaired) electrons. The summed E-state index contributed by atoms with van der Waals surface area (Å²) in [5, 5.41) is 18.6. The number of nitrogens with two attached hydrogens (primary N) is 2. The van der Waals surface area contributed by atoms with E-state index in [1.807, 2.05) is 71.4 Å². The highest BCUT2D eigenvalue weighted by atomic mass is 16.3. The van der Waals surface area contributed by atoms with Gasteiger partial charge in [-0.25, -0.2) is 0 Å². The molecule has 0 aliphatic carbocycles. The summed E-state index contributed by atoms with van der Waals surface area (Å²) >= 11 is 0. The SMILES string of the molecule is Nc1ccc(N([CH]C[CH]N(CCO)c2ccc(N)cc2)CCO)cc1. The number of nitrogens with zero attached hydrogens (tertiary/aromatic N) is 2. The minimum Gasteiger partial charge on any atom is -0.399 e. The van der Waals surface area contributed by atoms with E-state index >= 15 is 0 Å². The van der Waals surface area contributed by atoms with Crippen molar-refractivity contribution < 1.29 is 10.2 Å². The predicted octanol–water partition coefficient (Wildman–Crippen LogP) is 1.86. The number of hydrogen-bond acceptors (Lipinski definition) is 6. The van der Waals surface area contributed by atoms with Gasteiger partial charge in [0.2, 0.25) is 0 Å². The summed E-state index contributed by atoms with van der Waals surface area (Å²) in [5.74, 6) is 0. The minimum atomic E-state index is 0.0548. The lowest BCUT2D eigenvalue weighted by molar-refractivity contribution is 0.303. The van der Waals surface area contributed by atoms with Gasteiger partial charge in [0.1, 0.15) is 0 Å². The standard InChI is InChI=1S/C19H26N4O2/c20-16-2-6-18(7-3-16)22(12-14-24)10-1-11-23(13-15-25)19-8-4-17(21)5-9-19/h2-11,24-25H,1,12-15,20-21H2. The summed E-state index contributed by atoms with van der Waals surface area (Å²) < 4.78 is 0. The molecule has 0 bridgehead atoms. The van der Waals surface area contributed by atoms with Crippen molar-refractivity contribution in [1.82, 2.24) is 0 Å². The molecule has 6 N–H and O–H groups in total. The number of aliphatic hydroxyl groups is 2. The highest BCUT2D eigenvalue weighted by Gasteiger charge is 2.10. The van der Waals surface area contributed by atoms with E-state index in [9.17, 15) is 10.2 Å². The van der Waals surface area contributed by atoms with Crippen molar-refractivity contribution >= 4 is 22.7 Å². The lowest BCUT2D eigenvalue weighted by Gasteiger charge is -2.27. The molecule has 0 spiro atoms. The number of anilines is 4. The Bertz CT molecular complexity index is 561. The van der Waals surface area contributed by atoms with Gasteiger partial charge in [-0.1, -0.05) is 0 Å². The highest BCUT2D eigenvalue weighted by molar-refractivity contribution is 5.56. The van der Waals surface area contributed by atoms with Crippen LogP contribution in [0, 0.1) is 13.1 Å². The van der Waals surface area contributed by atoms with Crippen molar-refractivity contribution in [2.45, 2.75) is 6.42 Å². The van der Waals surface area contributed by atoms with Gasteiger partial charge in [0.25, 0.3) is 0 Å². The Balaban J connectivity index is 1.96. The molecule has 0 aromatic heterocycles. The number of hydrogen-bond donors (Lipinski definition) is 4. The number of aliphatic hydroxyl groups excluding tert-OH is 2. The zero-order valence-corrected chi connectivity index (χ0v) is 14.3. The zero-order valence-electron chi connectivity index (χ0n) is 14.3. The van der Waals surface area contributed by atoms with Gasteiger partial charge in [-0.05, 0) is 55.0 Å². The van der Waals surface area contributed by atoms with Gasteiger partial charge < -0.3 is 31.5 Å². The third-order valence-corrected chi connectivity index (χ3v) is 3.78. The van der Waals surface area contributed by atoms with E-state index in [1.54, 1.807) is 0 Å². The fourth-order valence-electron chi connectivity index (χ4n) is 2.50. The maximum Gasteiger partial charge on any atom is 0.0606 e. The van der Waals surface area contributed by atoms with Crippen molar-refractivity contribution in [2.75, 3.05) is 47.6 Å². The van der Waals surface area contributed by atoms with Crippen LogP contribution in [0.15, 0.2) is 48.5 Å². The van der Waals surface area contributed by atoms with Crippen LogP contribution in [0.5, 0.6) is 0 Å². The Morgan fingerprint density at radius 3 is 1.36 bits per heavy atom. The van der Waals surface area contributed by atoms with Crippen molar-refractivity contribution in [3.63, 3.8) is 0 Å². The first-order valence-electron chi connectivity index (χ1n) is 8.27. The van der Waals surface area contributed by atoms with Gasteiger partial charge in [0.05, 0.1) is 26.3 Å². The molecule has 6 nitrogen and oxygen atoms in total. The maximum absolute atomic E-state index is 9.30. The molecule has 0 saturated heterocycles. The Morgan fingerprint density at radius 1 is 0.680 bits per heavy atom. The first-order valence-corrected chi connectivity index (χ1v) is 8.27. The predicted molar refractivity (Wildman–Crippen MR) is 104 cm³/mol. The van der Waals surface area contributed by atoms with Gasteiger partial charge in [0, 0.05) is 35.8 Å². The lowest BCUT2D eigenvalue weighted by Crippen LogP contribution is -2.27. The fraction of sp³-hybridized carbons (Fsp3) is 0.263.